The number of aromatic nitrogens is 3. The van der Waals surface area contributed by atoms with Gasteiger partial charge in [0.1, 0.15) is 11.3 Å². The SMILES string of the molecule is CCOc1ccc(CC(=O)N2CCC(n3cnc4cccnc43)CC2)cc1. The summed E-state index contributed by atoms with van der Waals surface area (Å²) >= 11 is 0. The fraction of sp³-hybridized carbons (Fsp3) is 0.381. The van der Waals surface area contributed by atoms with Gasteiger partial charge in [-0.1, -0.05) is 12.1 Å². The smallest absolute Gasteiger partial charge is 0.226 e. The largest absolute Gasteiger partial charge is 0.494 e. The molecule has 2 aromatic heterocycles. The molecule has 1 amide bonds. The number of amides is 1. The van der Waals surface area contributed by atoms with E-state index < -0.39 is 0 Å². The molecule has 0 unspecified atom stereocenters. The van der Waals surface area contributed by atoms with Crippen molar-refractivity contribution in [2.75, 3.05) is 19.7 Å². The maximum Gasteiger partial charge on any atom is 0.226 e. The second-order valence-corrected chi connectivity index (χ2v) is 6.86. The molecule has 3 aromatic rings. The van der Waals surface area contributed by atoms with Crippen molar-refractivity contribution in [3.8, 4) is 5.75 Å². The second kappa shape index (κ2) is 7.78. The Morgan fingerprint density at radius 2 is 1.93 bits per heavy atom. The van der Waals surface area contributed by atoms with Crippen LogP contribution in [0.2, 0.25) is 0 Å². The highest BCUT2D eigenvalue weighted by atomic mass is 16.5. The van der Waals surface area contributed by atoms with Crippen molar-refractivity contribution in [1.29, 1.82) is 0 Å². The van der Waals surface area contributed by atoms with Crippen LogP contribution in [0.1, 0.15) is 31.4 Å². The Morgan fingerprint density at radius 3 is 2.67 bits per heavy atom. The van der Waals surface area contributed by atoms with Crippen molar-refractivity contribution in [3.63, 3.8) is 0 Å². The number of piperidine rings is 1. The number of benzene rings is 1. The van der Waals surface area contributed by atoms with Crippen LogP contribution in [0.3, 0.4) is 0 Å². The van der Waals surface area contributed by atoms with Crippen molar-refractivity contribution in [2.24, 2.45) is 0 Å². The average Bonchev–Trinajstić information content (AvgIpc) is 3.14. The van der Waals surface area contributed by atoms with E-state index in [1.807, 2.05) is 54.5 Å². The molecule has 4 rings (SSSR count). The third-order valence-electron chi connectivity index (χ3n) is 5.13. The molecule has 1 aromatic carbocycles. The first-order chi connectivity index (χ1) is 13.2. The van der Waals surface area contributed by atoms with Gasteiger partial charge < -0.3 is 14.2 Å². The molecule has 1 aliphatic heterocycles. The van der Waals surface area contributed by atoms with E-state index in [1.54, 1.807) is 6.20 Å². The van der Waals surface area contributed by atoms with Crippen LogP contribution in [-0.4, -0.2) is 45.0 Å². The number of rotatable bonds is 5. The number of carbonyl (C=O) groups is 1. The molecule has 6 nitrogen and oxygen atoms in total. The Kier molecular flexibility index (Phi) is 5.05. The Labute approximate surface area is 158 Å². The van der Waals surface area contributed by atoms with E-state index in [4.69, 9.17) is 4.74 Å². The van der Waals surface area contributed by atoms with Crippen molar-refractivity contribution in [2.45, 2.75) is 32.2 Å². The first kappa shape index (κ1) is 17.5. The molecule has 1 saturated heterocycles. The van der Waals surface area contributed by atoms with Gasteiger partial charge in [-0.25, -0.2) is 9.97 Å². The first-order valence-corrected chi connectivity index (χ1v) is 9.51. The molecule has 0 radical (unpaired) electrons. The van der Waals surface area contributed by atoms with Gasteiger partial charge in [-0.05, 0) is 49.6 Å². The number of ether oxygens (including phenoxy) is 1. The summed E-state index contributed by atoms with van der Waals surface area (Å²) in [7, 11) is 0. The van der Waals surface area contributed by atoms with E-state index in [1.165, 1.54) is 0 Å². The number of carbonyl (C=O) groups excluding carboxylic acids is 1. The number of hydrogen-bond acceptors (Lipinski definition) is 4. The van der Waals surface area contributed by atoms with E-state index >= 15 is 0 Å². The monoisotopic (exact) mass is 364 g/mol. The molecular weight excluding hydrogens is 340 g/mol. The van der Waals surface area contributed by atoms with Crippen molar-refractivity contribution in [3.05, 3.63) is 54.5 Å². The molecule has 140 valence electrons. The summed E-state index contributed by atoms with van der Waals surface area (Å²) in [6.45, 7) is 4.15. The normalized spacial score (nSPS) is 15.2. The Hall–Kier alpha value is -2.89. The lowest BCUT2D eigenvalue weighted by Crippen LogP contribution is -2.39. The topological polar surface area (TPSA) is 60.2 Å². The molecule has 27 heavy (non-hydrogen) atoms. The van der Waals surface area contributed by atoms with Crippen LogP contribution in [0.15, 0.2) is 48.9 Å². The molecule has 0 saturated carbocycles. The van der Waals surface area contributed by atoms with Gasteiger partial charge in [0, 0.05) is 25.3 Å². The molecule has 0 atom stereocenters. The van der Waals surface area contributed by atoms with E-state index in [9.17, 15) is 4.79 Å². The van der Waals surface area contributed by atoms with Crippen molar-refractivity contribution >= 4 is 17.1 Å². The third-order valence-corrected chi connectivity index (χ3v) is 5.13. The van der Waals surface area contributed by atoms with E-state index in [2.05, 4.69) is 14.5 Å². The summed E-state index contributed by atoms with van der Waals surface area (Å²) < 4.78 is 7.61. The lowest BCUT2D eigenvalue weighted by atomic mass is 10.0. The van der Waals surface area contributed by atoms with Gasteiger partial charge in [-0.3, -0.25) is 4.79 Å². The van der Waals surface area contributed by atoms with Gasteiger partial charge in [-0.2, -0.15) is 0 Å². The minimum atomic E-state index is 0.186. The molecule has 3 heterocycles. The van der Waals surface area contributed by atoms with Gasteiger partial charge in [-0.15, -0.1) is 0 Å². The van der Waals surface area contributed by atoms with Crippen molar-refractivity contribution in [1.82, 2.24) is 19.4 Å². The van der Waals surface area contributed by atoms with Crippen LogP contribution in [0.25, 0.3) is 11.2 Å². The number of fused-ring (bicyclic) bond motifs is 1. The third kappa shape index (κ3) is 3.79. The van der Waals surface area contributed by atoms with Gasteiger partial charge in [0.2, 0.25) is 5.91 Å². The summed E-state index contributed by atoms with van der Waals surface area (Å²) in [4.78, 5) is 23.5. The van der Waals surface area contributed by atoms with Crippen LogP contribution >= 0.6 is 0 Å². The predicted octanol–water partition coefficient (Wildman–Crippen LogP) is 3.24. The minimum Gasteiger partial charge on any atom is -0.494 e. The maximum atomic E-state index is 12.6. The zero-order valence-corrected chi connectivity index (χ0v) is 15.5. The first-order valence-electron chi connectivity index (χ1n) is 9.51. The number of hydrogen-bond donors (Lipinski definition) is 0. The van der Waals surface area contributed by atoms with Crippen LogP contribution in [0, 0.1) is 0 Å². The molecule has 0 bridgehead atoms. The fourth-order valence-electron chi connectivity index (χ4n) is 3.68. The van der Waals surface area contributed by atoms with Crippen LogP contribution in [-0.2, 0) is 11.2 Å². The fourth-order valence-corrected chi connectivity index (χ4v) is 3.68. The Morgan fingerprint density at radius 1 is 1.15 bits per heavy atom. The van der Waals surface area contributed by atoms with Crippen LogP contribution in [0.4, 0.5) is 0 Å². The predicted molar refractivity (Wildman–Crippen MR) is 104 cm³/mol. The van der Waals surface area contributed by atoms with E-state index in [-0.39, 0.29) is 5.91 Å². The standard InChI is InChI=1S/C21H24N4O2/c1-2-27-18-7-5-16(6-8-18)14-20(26)24-12-9-17(10-13-24)25-15-23-19-4-3-11-22-21(19)25/h3-8,11,15,17H,2,9-10,12-14H2,1H3. The van der Waals surface area contributed by atoms with Gasteiger partial charge >= 0.3 is 0 Å². The molecule has 6 heteroatoms. The zero-order valence-electron chi connectivity index (χ0n) is 15.5. The summed E-state index contributed by atoms with van der Waals surface area (Å²) in [6, 6.07) is 12.0. The second-order valence-electron chi connectivity index (χ2n) is 6.86. The van der Waals surface area contributed by atoms with E-state index in [0.29, 0.717) is 19.1 Å². The summed E-state index contributed by atoms with van der Waals surface area (Å²) in [6.07, 6.45) is 5.97. The maximum absolute atomic E-state index is 12.6. The van der Waals surface area contributed by atoms with Crippen molar-refractivity contribution < 1.29 is 9.53 Å². The number of pyridine rings is 1. The summed E-state index contributed by atoms with van der Waals surface area (Å²) in [5.41, 5.74) is 2.87. The van der Waals surface area contributed by atoms with Crippen LogP contribution < -0.4 is 4.74 Å². The van der Waals surface area contributed by atoms with E-state index in [0.717, 1.165) is 48.4 Å². The lowest BCUT2D eigenvalue weighted by Gasteiger charge is -2.32. The van der Waals surface area contributed by atoms with Gasteiger partial charge in [0.15, 0.2) is 5.65 Å². The molecule has 1 fully saturated rings. The van der Waals surface area contributed by atoms with Gasteiger partial charge in [0.05, 0.1) is 19.4 Å². The highest BCUT2D eigenvalue weighted by molar-refractivity contribution is 5.79. The lowest BCUT2D eigenvalue weighted by molar-refractivity contribution is -0.131. The molecule has 0 N–H and O–H groups in total. The highest BCUT2D eigenvalue weighted by Gasteiger charge is 2.25. The quantitative estimate of drug-likeness (QED) is 0.697. The molecule has 1 aliphatic rings. The Balaban J connectivity index is 1.35. The van der Waals surface area contributed by atoms with Gasteiger partial charge in [0.25, 0.3) is 0 Å². The summed E-state index contributed by atoms with van der Waals surface area (Å²) in [5.74, 6) is 1.03. The highest BCUT2D eigenvalue weighted by Crippen LogP contribution is 2.26. The molecular formula is C21H24N4O2. The Bertz CT molecular complexity index is 911. The average molecular weight is 364 g/mol. The number of nitrogens with zero attached hydrogens (tertiary/aromatic N) is 4. The number of imidazole rings is 1. The molecule has 0 aliphatic carbocycles. The number of likely N-dealkylation sites (tertiary alicyclic amines) is 1. The zero-order chi connectivity index (χ0) is 18.6. The summed E-state index contributed by atoms with van der Waals surface area (Å²) in [5, 5.41) is 0. The van der Waals surface area contributed by atoms with Crippen LogP contribution in [0.5, 0.6) is 5.75 Å². The molecule has 0 spiro atoms. The minimum absolute atomic E-state index is 0.186.